The van der Waals surface area contributed by atoms with Crippen LogP contribution in [0.15, 0.2) is 48.0 Å². The number of phenols is 1. The van der Waals surface area contributed by atoms with Crippen molar-refractivity contribution in [2.75, 3.05) is 13.1 Å². The highest BCUT2D eigenvalue weighted by molar-refractivity contribution is 7.10. The largest absolute Gasteiger partial charge is 0.505 e. The molecule has 4 heteroatoms. The Morgan fingerprint density at radius 1 is 1.17 bits per heavy atom. The molecular weight excluding hydrogens is 316 g/mol. The van der Waals surface area contributed by atoms with Gasteiger partial charge in [0.2, 0.25) is 0 Å². The second-order valence-electron chi connectivity index (χ2n) is 6.87. The molecule has 3 nitrogen and oxygen atoms in total. The maximum Gasteiger partial charge on any atom is 0.152 e. The molecule has 24 heavy (non-hydrogen) atoms. The minimum atomic E-state index is 0.198. The van der Waals surface area contributed by atoms with Crippen LogP contribution in [-0.4, -0.2) is 23.2 Å². The summed E-state index contributed by atoms with van der Waals surface area (Å²) < 4.78 is 0. The predicted molar refractivity (Wildman–Crippen MR) is 98.7 cm³/mol. The fourth-order valence-corrected chi connectivity index (χ4v) is 4.73. The average molecular weight is 339 g/mol. The highest BCUT2D eigenvalue weighted by Crippen LogP contribution is 2.34. The van der Waals surface area contributed by atoms with Crippen molar-refractivity contribution in [1.29, 1.82) is 0 Å². The molecule has 3 aromatic rings. The van der Waals surface area contributed by atoms with E-state index in [4.69, 9.17) is 0 Å². The number of aromatic nitrogens is 1. The van der Waals surface area contributed by atoms with E-state index in [1.165, 1.54) is 17.7 Å². The number of benzene rings is 1. The fourth-order valence-electron chi connectivity index (χ4n) is 3.83. The summed E-state index contributed by atoms with van der Waals surface area (Å²) >= 11 is 1.78. The maximum atomic E-state index is 10.9. The van der Waals surface area contributed by atoms with Crippen LogP contribution in [0.5, 0.6) is 5.75 Å². The number of likely N-dealkylation sites (tertiary alicyclic amines) is 1. The van der Waals surface area contributed by atoms with Gasteiger partial charge in [-0.3, -0.25) is 4.98 Å². The van der Waals surface area contributed by atoms with Gasteiger partial charge in [0.25, 0.3) is 0 Å². The molecule has 0 aliphatic carbocycles. The van der Waals surface area contributed by atoms with Gasteiger partial charge in [-0.1, -0.05) is 25.1 Å². The molecule has 1 saturated heterocycles. The van der Waals surface area contributed by atoms with Crippen molar-refractivity contribution < 1.29 is 10.0 Å². The van der Waals surface area contributed by atoms with E-state index in [1.807, 2.05) is 12.1 Å². The summed E-state index contributed by atoms with van der Waals surface area (Å²) in [6, 6.07) is 12.6. The van der Waals surface area contributed by atoms with E-state index >= 15 is 0 Å². The smallest absolute Gasteiger partial charge is 0.152 e. The number of phenolic OH excluding ortho intramolecular Hbond substituents is 1. The first kappa shape index (κ1) is 15.6. The average Bonchev–Trinajstić information content (AvgIpc) is 3.13. The number of quaternary nitrogens is 1. The zero-order valence-corrected chi connectivity index (χ0v) is 14.7. The Morgan fingerprint density at radius 2 is 2.00 bits per heavy atom. The van der Waals surface area contributed by atoms with E-state index in [0.29, 0.717) is 11.3 Å². The lowest BCUT2D eigenvalue weighted by molar-refractivity contribution is -0.931. The number of nitrogens with one attached hydrogen (secondary N) is 1. The van der Waals surface area contributed by atoms with Gasteiger partial charge in [0.05, 0.1) is 23.5 Å². The molecule has 2 aromatic heterocycles. The molecule has 1 fully saturated rings. The molecule has 0 saturated carbocycles. The Bertz CT molecular complexity index is 823. The summed E-state index contributed by atoms with van der Waals surface area (Å²) in [7, 11) is 0. The van der Waals surface area contributed by atoms with Crippen molar-refractivity contribution in [2.24, 2.45) is 5.92 Å². The standard InChI is InChI=1S/C20H22N2OS/c1-14-8-11-22(12-9-14)19(17-5-3-13-24-17)16-7-6-15-4-2-10-21-18(15)20(16)23/h2-7,10,13-14,19,23H,8-9,11-12H2,1H3/p+1/t19-/m1/s1. The number of pyridine rings is 1. The van der Waals surface area contributed by atoms with Crippen LogP contribution in [0.3, 0.4) is 0 Å². The first-order chi connectivity index (χ1) is 11.7. The number of piperidine rings is 1. The van der Waals surface area contributed by atoms with Crippen molar-refractivity contribution in [1.82, 2.24) is 4.98 Å². The summed E-state index contributed by atoms with van der Waals surface area (Å²) in [5.41, 5.74) is 1.72. The molecule has 124 valence electrons. The maximum absolute atomic E-state index is 10.9. The lowest BCUT2D eigenvalue weighted by Crippen LogP contribution is -3.13. The summed E-state index contributed by atoms with van der Waals surface area (Å²) in [4.78, 5) is 7.29. The molecule has 2 N–H and O–H groups in total. The molecule has 1 aliphatic rings. The van der Waals surface area contributed by atoms with Gasteiger partial charge in [-0.2, -0.15) is 0 Å². The number of hydrogen-bond acceptors (Lipinski definition) is 3. The highest BCUT2D eigenvalue weighted by Gasteiger charge is 2.32. The first-order valence-corrected chi connectivity index (χ1v) is 9.56. The van der Waals surface area contributed by atoms with Crippen LogP contribution < -0.4 is 4.90 Å². The Labute approximate surface area is 146 Å². The van der Waals surface area contributed by atoms with Gasteiger partial charge >= 0.3 is 0 Å². The van der Waals surface area contributed by atoms with Crippen molar-refractivity contribution in [3.63, 3.8) is 0 Å². The fraction of sp³-hybridized carbons (Fsp3) is 0.350. The van der Waals surface area contributed by atoms with Gasteiger partial charge in [-0.15, -0.1) is 11.3 Å². The van der Waals surface area contributed by atoms with Crippen LogP contribution >= 0.6 is 11.3 Å². The Kier molecular flexibility index (Phi) is 4.25. The summed E-state index contributed by atoms with van der Waals surface area (Å²) in [6.45, 7) is 4.65. The van der Waals surface area contributed by atoms with Gasteiger partial charge in [-0.25, -0.2) is 0 Å². The van der Waals surface area contributed by atoms with Crippen LogP contribution in [0.2, 0.25) is 0 Å². The lowest BCUT2D eigenvalue weighted by atomic mass is 9.94. The molecule has 3 heterocycles. The third-order valence-electron chi connectivity index (χ3n) is 5.24. The summed E-state index contributed by atoms with van der Waals surface area (Å²) in [5.74, 6) is 1.15. The van der Waals surface area contributed by atoms with Crippen LogP contribution in [0.25, 0.3) is 10.9 Å². The van der Waals surface area contributed by atoms with Crippen LogP contribution in [0, 0.1) is 5.92 Å². The van der Waals surface area contributed by atoms with E-state index < -0.39 is 0 Å². The van der Waals surface area contributed by atoms with Gasteiger partial charge in [0.1, 0.15) is 5.52 Å². The Morgan fingerprint density at radius 3 is 2.75 bits per heavy atom. The number of rotatable bonds is 3. The summed E-state index contributed by atoms with van der Waals surface area (Å²) in [5, 5.41) is 14.1. The molecule has 0 amide bonds. The number of hydrogen-bond donors (Lipinski definition) is 2. The topological polar surface area (TPSA) is 37.6 Å². The quantitative estimate of drug-likeness (QED) is 0.767. The predicted octanol–water partition coefficient (Wildman–Crippen LogP) is 3.41. The van der Waals surface area contributed by atoms with Crippen molar-refractivity contribution in [3.05, 3.63) is 58.4 Å². The molecule has 0 bridgehead atoms. The third kappa shape index (κ3) is 2.80. The minimum absolute atomic E-state index is 0.198. The monoisotopic (exact) mass is 339 g/mol. The van der Waals surface area contributed by atoms with Gasteiger partial charge in [0, 0.05) is 11.6 Å². The number of nitrogens with zero attached hydrogens (tertiary/aromatic N) is 1. The van der Waals surface area contributed by atoms with E-state index in [0.717, 1.165) is 30.0 Å². The zero-order chi connectivity index (χ0) is 16.5. The normalized spacial score (nSPS) is 22.5. The molecule has 0 radical (unpaired) electrons. The van der Waals surface area contributed by atoms with Crippen LogP contribution in [0.1, 0.15) is 36.2 Å². The molecule has 0 spiro atoms. The molecule has 4 rings (SSSR count). The van der Waals surface area contributed by atoms with E-state index in [-0.39, 0.29) is 6.04 Å². The second kappa shape index (κ2) is 6.54. The van der Waals surface area contributed by atoms with Crippen molar-refractivity contribution in [2.45, 2.75) is 25.8 Å². The summed E-state index contributed by atoms with van der Waals surface area (Å²) in [6.07, 6.45) is 4.26. The molecule has 1 atom stereocenters. The molecular formula is C20H23N2OS+. The Balaban J connectivity index is 1.80. The van der Waals surface area contributed by atoms with Gasteiger partial charge in [-0.05, 0) is 42.3 Å². The zero-order valence-electron chi connectivity index (χ0n) is 13.9. The SMILES string of the molecule is CC1CC[NH+]([C@@H](c2cccs2)c2ccc3cccnc3c2O)CC1. The third-order valence-corrected chi connectivity index (χ3v) is 6.18. The number of thiophene rings is 1. The van der Waals surface area contributed by atoms with E-state index in [2.05, 4.69) is 41.6 Å². The number of aromatic hydroxyl groups is 1. The van der Waals surface area contributed by atoms with Crippen LogP contribution in [-0.2, 0) is 0 Å². The van der Waals surface area contributed by atoms with Crippen LogP contribution in [0.4, 0.5) is 0 Å². The molecule has 1 aromatic carbocycles. The van der Waals surface area contributed by atoms with E-state index in [9.17, 15) is 5.11 Å². The van der Waals surface area contributed by atoms with Gasteiger partial charge < -0.3 is 10.0 Å². The van der Waals surface area contributed by atoms with E-state index in [1.54, 1.807) is 22.4 Å². The van der Waals surface area contributed by atoms with Crippen molar-refractivity contribution >= 4 is 22.2 Å². The lowest BCUT2D eigenvalue weighted by Gasteiger charge is -2.33. The second-order valence-corrected chi connectivity index (χ2v) is 7.85. The first-order valence-electron chi connectivity index (χ1n) is 8.68. The highest BCUT2D eigenvalue weighted by atomic mass is 32.1. The minimum Gasteiger partial charge on any atom is -0.505 e. The molecule has 1 aliphatic heterocycles. The van der Waals surface area contributed by atoms with Gasteiger partial charge in [0.15, 0.2) is 11.8 Å². The van der Waals surface area contributed by atoms with Crippen molar-refractivity contribution in [3.8, 4) is 5.75 Å². The Hall–Kier alpha value is -1.91. The molecule has 0 unspecified atom stereocenters. The number of fused-ring (bicyclic) bond motifs is 1.